The monoisotopic (exact) mass is 308 g/mol. The van der Waals surface area contributed by atoms with E-state index in [0.29, 0.717) is 0 Å². The number of nitrogens with zero attached hydrogens (tertiary/aromatic N) is 2. The molecule has 1 fully saturated rings. The highest BCUT2D eigenvalue weighted by molar-refractivity contribution is 6.34. The maximum atomic E-state index is 12.5. The third-order valence-corrected chi connectivity index (χ3v) is 3.67. The van der Waals surface area contributed by atoms with Gasteiger partial charge in [0.25, 0.3) is 0 Å². The largest absolute Gasteiger partial charge is 0.465 e. The standard InChI is InChI=1S/C15H17ClN2O3/c1-2-21-15(20)12(9-18-10-5-3-6-10)13(19)11-7-4-8-17-14(11)16/h4,7-10,12H,2-3,5-6H2,1H3. The first-order valence-corrected chi connectivity index (χ1v) is 7.36. The Kier molecular flexibility index (Phi) is 5.44. The third-order valence-electron chi connectivity index (χ3n) is 3.37. The predicted octanol–water partition coefficient (Wildman–Crippen LogP) is 2.72. The SMILES string of the molecule is CCOC(=O)C(C=NC1CCC1)C(=O)c1cccnc1Cl. The summed E-state index contributed by atoms with van der Waals surface area (Å²) in [5.41, 5.74) is 0.206. The average Bonchev–Trinajstić information content (AvgIpc) is 2.41. The molecule has 0 aromatic carbocycles. The van der Waals surface area contributed by atoms with Crippen molar-refractivity contribution in [2.75, 3.05) is 6.61 Å². The van der Waals surface area contributed by atoms with Crippen molar-refractivity contribution in [2.45, 2.75) is 32.2 Å². The summed E-state index contributed by atoms with van der Waals surface area (Å²) in [5.74, 6) is -2.10. The highest BCUT2D eigenvalue weighted by atomic mass is 35.5. The van der Waals surface area contributed by atoms with Gasteiger partial charge in [-0.1, -0.05) is 11.6 Å². The van der Waals surface area contributed by atoms with Crippen molar-refractivity contribution < 1.29 is 14.3 Å². The number of esters is 1. The molecule has 0 N–H and O–H groups in total. The van der Waals surface area contributed by atoms with Crippen LogP contribution in [0.2, 0.25) is 5.15 Å². The molecular weight excluding hydrogens is 292 g/mol. The topological polar surface area (TPSA) is 68.6 Å². The molecule has 1 aliphatic carbocycles. The van der Waals surface area contributed by atoms with Crippen molar-refractivity contribution in [3.8, 4) is 0 Å². The minimum atomic E-state index is -1.06. The molecular formula is C15H17ClN2O3. The first-order chi connectivity index (χ1) is 10.1. The predicted molar refractivity (Wildman–Crippen MR) is 79.8 cm³/mol. The minimum Gasteiger partial charge on any atom is -0.465 e. The van der Waals surface area contributed by atoms with Crippen molar-refractivity contribution in [1.29, 1.82) is 0 Å². The van der Waals surface area contributed by atoms with Crippen LogP contribution in [0.4, 0.5) is 0 Å². The smallest absolute Gasteiger partial charge is 0.322 e. The summed E-state index contributed by atoms with van der Waals surface area (Å²) < 4.78 is 4.96. The fourth-order valence-corrected chi connectivity index (χ4v) is 2.16. The summed E-state index contributed by atoms with van der Waals surface area (Å²) in [7, 11) is 0. The van der Waals surface area contributed by atoms with Crippen LogP contribution < -0.4 is 0 Å². The number of carbonyl (C=O) groups is 2. The number of rotatable bonds is 6. The molecule has 0 amide bonds. The lowest BCUT2D eigenvalue weighted by Gasteiger charge is -2.21. The molecule has 6 heteroatoms. The van der Waals surface area contributed by atoms with Crippen molar-refractivity contribution in [2.24, 2.45) is 10.9 Å². The van der Waals surface area contributed by atoms with E-state index in [9.17, 15) is 9.59 Å². The second-order valence-corrected chi connectivity index (χ2v) is 5.18. The molecule has 1 heterocycles. The maximum Gasteiger partial charge on any atom is 0.322 e. The molecule has 2 rings (SSSR count). The zero-order valence-corrected chi connectivity index (χ0v) is 12.5. The van der Waals surface area contributed by atoms with E-state index in [-0.39, 0.29) is 23.4 Å². The number of hydrogen-bond acceptors (Lipinski definition) is 5. The van der Waals surface area contributed by atoms with Gasteiger partial charge in [0.05, 0.1) is 12.2 Å². The second kappa shape index (κ2) is 7.31. The van der Waals surface area contributed by atoms with Gasteiger partial charge >= 0.3 is 5.97 Å². The molecule has 5 nitrogen and oxygen atoms in total. The van der Waals surface area contributed by atoms with E-state index in [4.69, 9.17) is 16.3 Å². The van der Waals surface area contributed by atoms with Gasteiger partial charge in [-0.3, -0.25) is 14.6 Å². The fourth-order valence-electron chi connectivity index (χ4n) is 1.95. The number of pyridine rings is 1. The lowest BCUT2D eigenvalue weighted by Crippen LogP contribution is -2.29. The quantitative estimate of drug-likeness (QED) is 0.266. The van der Waals surface area contributed by atoms with E-state index in [0.717, 1.165) is 19.3 Å². The molecule has 1 aliphatic rings. The second-order valence-electron chi connectivity index (χ2n) is 4.82. The van der Waals surface area contributed by atoms with Crippen LogP contribution in [-0.2, 0) is 9.53 Å². The summed E-state index contributed by atoms with van der Waals surface area (Å²) in [6.45, 7) is 1.90. The average molecular weight is 309 g/mol. The van der Waals surface area contributed by atoms with Gasteiger partial charge < -0.3 is 4.74 Å². The van der Waals surface area contributed by atoms with Gasteiger partial charge in [0.1, 0.15) is 5.15 Å². The van der Waals surface area contributed by atoms with Crippen LogP contribution in [0.5, 0.6) is 0 Å². The van der Waals surface area contributed by atoms with Gasteiger partial charge in [-0.25, -0.2) is 4.98 Å². The molecule has 21 heavy (non-hydrogen) atoms. The zero-order chi connectivity index (χ0) is 15.2. The lowest BCUT2D eigenvalue weighted by atomic mass is 9.93. The molecule has 0 radical (unpaired) electrons. The van der Waals surface area contributed by atoms with E-state index in [2.05, 4.69) is 9.98 Å². The van der Waals surface area contributed by atoms with E-state index in [1.807, 2.05) is 0 Å². The fraction of sp³-hybridized carbons (Fsp3) is 0.467. The Bertz CT molecular complexity index is 556. The van der Waals surface area contributed by atoms with Gasteiger partial charge in [-0.2, -0.15) is 0 Å². The summed E-state index contributed by atoms with van der Waals surface area (Å²) in [5, 5.41) is 0.0776. The molecule has 112 valence electrons. The van der Waals surface area contributed by atoms with Crippen molar-refractivity contribution in [1.82, 2.24) is 4.98 Å². The molecule has 1 unspecified atom stereocenters. The first kappa shape index (κ1) is 15.6. The van der Waals surface area contributed by atoms with E-state index in [1.54, 1.807) is 19.1 Å². The van der Waals surface area contributed by atoms with Crippen molar-refractivity contribution in [3.63, 3.8) is 0 Å². The number of hydrogen-bond donors (Lipinski definition) is 0. The number of aromatic nitrogens is 1. The van der Waals surface area contributed by atoms with Gasteiger partial charge in [0, 0.05) is 18.5 Å². The summed E-state index contributed by atoms with van der Waals surface area (Å²) in [6, 6.07) is 3.35. The number of ether oxygens (including phenoxy) is 1. The van der Waals surface area contributed by atoms with Gasteiger partial charge in [0.15, 0.2) is 11.7 Å². The van der Waals surface area contributed by atoms with Crippen LogP contribution in [0.1, 0.15) is 36.5 Å². The molecule has 1 aromatic heterocycles. The Morgan fingerprint density at radius 3 is 2.90 bits per heavy atom. The molecule has 1 aromatic rings. The van der Waals surface area contributed by atoms with Crippen LogP contribution in [0, 0.1) is 5.92 Å². The van der Waals surface area contributed by atoms with Crippen LogP contribution in [0.25, 0.3) is 0 Å². The Labute approximate surface area is 128 Å². The van der Waals surface area contributed by atoms with E-state index in [1.165, 1.54) is 12.4 Å². The van der Waals surface area contributed by atoms with E-state index >= 15 is 0 Å². The Balaban J connectivity index is 2.21. The molecule has 0 saturated heterocycles. The molecule has 1 atom stereocenters. The summed E-state index contributed by atoms with van der Waals surface area (Å²) in [4.78, 5) is 32.6. The highest BCUT2D eigenvalue weighted by Gasteiger charge is 2.29. The molecule has 1 saturated carbocycles. The Hall–Kier alpha value is -1.75. The summed E-state index contributed by atoms with van der Waals surface area (Å²) in [6.07, 6.45) is 6.00. The van der Waals surface area contributed by atoms with Gasteiger partial charge in [-0.15, -0.1) is 0 Å². The number of ketones is 1. The maximum absolute atomic E-state index is 12.5. The lowest BCUT2D eigenvalue weighted by molar-refractivity contribution is -0.143. The molecule has 0 bridgehead atoms. The van der Waals surface area contributed by atoms with Crippen molar-refractivity contribution in [3.05, 3.63) is 29.0 Å². The highest BCUT2D eigenvalue weighted by Crippen LogP contribution is 2.22. The van der Waals surface area contributed by atoms with Crippen LogP contribution in [0.15, 0.2) is 23.3 Å². The minimum absolute atomic E-state index is 0.0776. The zero-order valence-electron chi connectivity index (χ0n) is 11.8. The summed E-state index contributed by atoms with van der Waals surface area (Å²) >= 11 is 5.92. The Morgan fingerprint density at radius 2 is 2.33 bits per heavy atom. The Morgan fingerprint density at radius 1 is 1.57 bits per heavy atom. The van der Waals surface area contributed by atoms with E-state index < -0.39 is 17.7 Å². The number of aliphatic imine (C=N–C) groups is 1. The number of carbonyl (C=O) groups excluding carboxylic acids is 2. The van der Waals surface area contributed by atoms with Gasteiger partial charge in [0.2, 0.25) is 0 Å². The molecule has 0 aliphatic heterocycles. The van der Waals surface area contributed by atoms with Crippen molar-refractivity contribution >= 4 is 29.6 Å². The van der Waals surface area contributed by atoms with Crippen LogP contribution >= 0.6 is 11.6 Å². The number of Topliss-reactive ketones (excluding diaryl/α,β-unsaturated/α-hetero) is 1. The van der Waals surface area contributed by atoms with Gasteiger partial charge in [-0.05, 0) is 38.3 Å². The van der Waals surface area contributed by atoms with Crippen LogP contribution in [0.3, 0.4) is 0 Å². The normalized spacial score (nSPS) is 16.5. The van der Waals surface area contributed by atoms with Crippen LogP contribution in [-0.4, -0.2) is 35.6 Å². The number of halogens is 1. The molecule has 0 spiro atoms. The third kappa shape index (κ3) is 3.88. The first-order valence-electron chi connectivity index (χ1n) is 6.98.